The highest BCUT2D eigenvalue weighted by Gasteiger charge is 2.43. The van der Waals surface area contributed by atoms with E-state index in [0.717, 1.165) is 25.8 Å². The van der Waals surface area contributed by atoms with Gasteiger partial charge in [0.2, 0.25) is 5.95 Å². The summed E-state index contributed by atoms with van der Waals surface area (Å²) in [5.41, 5.74) is 1.11. The Labute approximate surface area is 199 Å². The number of aromatic nitrogens is 2. The summed E-state index contributed by atoms with van der Waals surface area (Å²) in [4.78, 5) is 11.1. The number of rotatable bonds is 6. The van der Waals surface area contributed by atoms with E-state index in [2.05, 4.69) is 45.4 Å². The molecule has 0 aliphatic carbocycles. The molecule has 0 saturated carbocycles. The number of halogens is 1. The number of nitrogens with zero attached hydrogens (tertiary/aromatic N) is 4. The first kappa shape index (κ1) is 22.8. The molecule has 3 saturated heterocycles. The summed E-state index contributed by atoms with van der Waals surface area (Å²) >= 11 is 0. The number of benzene rings is 1. The van der Waals surface area contributed by atoms with Gasteiger partial charge >= 0.3 is 0 Å². The predicted molar refractivity (Wildman–Crippen MR) is 127 cm³/mol. The minimum Gasteiger partial charge on any atom is -0.487 e. The Bertz CT molecular complexity index is 1080. The maximum Gasteiger partial charge on any atom is 0.229 e. The summed E-state index contributed by atoms with van der Waals surface area (Å²) in [6.07, 6.45) is 6.26. The SMILES string of the molecule is CC1(C)C[C@H](Nc2nc(Nc3ccc(O[C@@H]4CCOC4)c(C#N)c3)ncc2F)C[C@H]2CCCN21. The number of nitrogens with one attached hydrogen (secondary N) is 2. The second kappa shape index (κ2) is 9.35. The molecular weight excluding hydrogens is 435 g/mol. The van der Waals surface area contributed by atoms with Crippen LogP contribution < -0.4 is 15.4 Å². The second-order valence-electron chi connectivity index (χ2n) is 10.0. The maximum atomic E-state index is 14.6. The standard InChI is InChI=1S/C25H31FN6O2/c1-25(2)12-18(11-19-4-3-8-32(19)25)29-23-21(26)14-28-24(31-23)30-17-5-6-22(16(10-17)13-27)34-20-7-9-33-15-20/h5-6,10,14,18-20H,3-4,7-9,11-12,15H2,1-2H3,(H2,28,29,30,31)/t18-,19-,20-/m1/s1. The Morgan fingerprint density at radius 3 is 3.00 bits per heavy atom. The molecular formula is C25H31FN6O2. The van der Waals surface area contributed by atoms with Gasteiger partial charge in [0.15, 0.2) is 11.6 Å². The van der Waals surface area contributed by atoms with E-state index in [9.17, 15) is 9.65 Å². The van der Waals surface area contributed by atoms with Gasteiger partial charge in [-0.2, -0.15) is 10.2 Å². The third-order valence-corrected chi connectivity index (χ3v) is 7.08. The molecule has 0 amide bonds. The molecule has 2 aromatic rings. The molecule has 34 heavy (non-hydrogen) atoms. The summed E-state index contributed by atoms with van der Waals surface area (Å²) in [6.45, 7) is 6.87. The minimum absolute atomic E-state index is 0.0407. The lowest BCUT2D eigenvalue weighted by atomic mass is 9.84. The molecule has 0 bridgehead atoms. The summed E-state index contributed by atoms with van der Waals surface area (Å²) in [5.74, 6) is 0.513. The van der Waals surface area contributed by atoms with E-state index >= 15 is 0 Å². The zero-order valence-electron chi connectivity index (χ0n) is 19.7. The fraction of sp³-hybridized carbons (Fsp3) is 0.560. The van der Waals surface area contributed by atoms with Crippen molar-refractivity contribution in [2.45, 2.75) is 69.7 Å². The molecule has 0 radical (unpaired) electrons. The van der Waals surface area contributed by atoms with Gasteiger partial charge in [0.1, 0.15) is 17.9 Å². The van der Waals surface area contributed by atoms with Gasteiger partial charge in [-0.25, -0.2) is 9.37 Å². The summed E-state index contributed by atoms with van der Waals surface area (Å²) in [5, 5.41) is 16.0. The van der Waals surface area contributed by atoms with Crippen LogP contribution in [0.25, 0.3) is 0 Å². The molecule has 4 heterocycles. The first-order valence-corrected chi connectivity index (χ1v) is 12.0. The van der Waals surface area contributed by atoms with Crippen LogP contribution in [0.3, 0.4) is 0 Å². The highest BCUT2D eigenvalue weighted by molar-refractivity contribution is 5.61. The molecule has 5 rings (SSSR count). The topological polar surface area (TPSA) is 95.3 Å². The lowest BCUT2D eigenvalue weighted by Crippen LogP contribution is -2.55. The Morgan fingerprint density at radius 1 is 1.32 bits per heavy atom. The average Bonchev–Trinajstić information content (AvgIpc) is 3.49. The third-order valence-electron chi connectivity index (χ3n) is 7.08. The van der Waals surface area contributed by atoms with Crippen molar-refractivity contribution in [2.24, 2.45) is 0 Å². The lowest BCUT2D eigenvalue weighted by molar-refractivity contribution is 0.0500. The number of hydrogen-bond donors (Lipinski definition) is 2. The number of hydrogen-bond acceptors (Lipinski definition) is 8. The second-order valence-corrected chi connectivity index (χ2v) is 10.0. The van der Waals surface area contributed by atoms with Crippen molar-refractivity contribution in [1.29, 1.82) is 5.26 Å². The van der Waals surface area contributed by atoms with Gasteiger partial charge in [0.05, 0.1) is 25.0 Å². The molecule has 2 N–H and O–H groups in total. The number of anilines is 3. The van der Waals surface area contributed by atoms with E-state index in [-0.39, 0.29) is 29.5 Å². The molecule has 9 heteroatoms. The Hall–Kier alpha value is -2.96. The first-order valence-electron chi connectivity index (χ1n) is 12.0. The molecule has 3 aliphatic rings. The van der Waals surface area contributed by atoms with E-state index in [1.54, 1.807) is 18.2 Å². The van der Waals surface area contributed by atoms with E-state index in [0.29, 0.717) is 36.3 Å². The van der Waals surface area contributed by atoms with Gasteiger partial charge in [-0.05, 0) is 64.3 Å². The molecule has 3 aliphatic heterocycles. The summed E-state index contributed by atoms with van der Waals surface area (Å²) < 4.78 is 25.8. The molecule has 3 fully saturated rings. The van der Waals surface area contributed by atoms with Gasteiger partial charge in [-0.15, -0.1) is 0 Å². The monoisotopic (exact) mass is 466 g/mol. The number of piperidine rings is 1. The highest BCUT2D eigenvalue weighted by atomic mass is 19.1. The van der Waals surface area contributed by atoms with Crippen molar-refractivity contribution in [3.05, 3.63) is 35.8 Å². The maximum absolute atomic E-state index is 14.6. The van der Waals surface area contributed by atoms with Crippen LogP contribution in [-0.2, 0) is 4.74 Å². The van der Waals surface area contributed by atoms with Crippen molar-refractivity contribution < 1.29 is 13.9 Å². The highest BCUT2D eigenvalue weighted by Crippen LogP contribution is 2.38. The number of fused-ring (bicyclic) bond motifs is 1. The van der Waals surface area contributed by atoms with E-state index in [1.165, 1.54) is 19.0 Å². The minimum atomic E-state index is -0.475. The molecule has 0 spiro atoms. The van der Waals surface area contributed by atoms with Crippen LogP contribution in [0.2, 0.25) is 0 Å². The van der Waals surface area contributed by atoms with Gasteiger partial charge < -0.3 is 20.1 Å². The zero-order valence-corrected chi connectivity index (χ0v) is 19.7. The van der Waals surface area contributed by atoms with Crippen molar-refractivity contribution in [3.63, 3.8) is 0 Å². The molecule has 1 aromatic heterocycles. The normalized spacial score (nSPS) is 26.0. The molecule has 3 atom stereocenters. The number of ether oxygens (including phenoxy) is 2. The Kier molecular flexibility index (Phi) is 6.28. The number of nitriles is 1. The quantitative estimate of drug-likeness (QED) is 0.654. The summed E-state index contributed by atoms with van der Waals surface area (Å²) in [7, 11) is 0. The lowest BCUT2D eigenvalue weighted by Gasteiger charge is -2.47. The van der Waals surface area contributed by atoms with Crippen LogP contribution in [0.4, 0.5) is 21.8 Å². The third kappa shape index (κ3) is 4.79. The van der Waals surface area contributed by atoms with E-state index < -0.39 is 5.82 Å². The zero-order chi connectivity index (χ0) is 23.7. The molecule has 0 unspecified atom stereocenters. The van der Waals surface area contributed by atoms with E-state index in [1.807, 2.05) is 0 Å². The fourth-order valence-corrected chi connectivity index (χ4v) is 5.55. The van der Waals surface area contributed by atoms with Gasteiger partial charge in [0.25, 0.3) is 0 Å². The summed E-state index contributed by atoms with van der Waals surface area (Å²) in [6, 6.07) is 8.08. The van der Waals surface area contributed by atoms with Crippen LogP contribution in [0.5, 0.6) is 5.75 Å². The van der Waals surface area contributed by atoms with Crippen LogP contribution >= 0.6 is 0 Å². The van der Waals surface area contributed by atoms with Crippen LogP contribution in [-0.4, -0.2) is 58.4 Å². The first-order chi connectivity index (χ1) is 16.4. The van der Waals surface area contributed by atoms with Crippen LogP contribution in [0.15, 0.2) is 24.4 Å². The van der Waals surface area contributed by atoms with Crippen molar-refractivity contribution in [2.75, 3.05) is 30.4 Å². The molecule has 1 aromatic carbocycles. The fourth-order valence-electron chi connectivity index (χ4n) is 5.55. The van der Waals surface area contributed by atoms with Gasteiger partial charge in [-0.1, -0.05) is 0 Å². The van der Waals surface area contributed by atoms with E-state index in [4.69, 9.17) is 9.47 Å². The smallest absolute Gasteiger partial charge is 0.229 e. The van der Waals surface area contributed by atoms with Crippen molar-refractivity contribution >= 4 is 17.5 Å². The largest absolute Gasteiger partial charge is 0.487 e. The average molecular weight is 467 g/mol. The van der Waals surface area contributed by atoms with Crippen molar-refractivity contribution in [1.82, 2.24) is 14.9 Å². The van der Waals surface area contributed by atoms with Gasteiger partial charge in [0, 0.05) is 29.7 Å². The molecule has 8 nitrogen and oxygen atoms in total. The Morgan fingerprint density at radius 2 is 2.21 bits per heavy atom. The molecule has 180 valence electrons. The predicted octanol–water partition coefficient (Wildman–Crippen LogP) is 4.22. The Balaban J connectivity index is 1.29. The van der Waals surface area contributed by atoms with Crippen LogP contribution in [0, 0.1) is 17.1 Å². The van der Waals surface area contributed by atoms with Crippen molar-refractivity contribution in [3.8, 4) is 11.8 Å². The van der Waals surface area contributed by atoms with Gasteiger partial charge in [-0.3, -0.25) is 4.90 Å². The van der Waals surface area contributed by atoms with Crippen LogP contribution in [0.1, 0.15) is 51.5 Å².